The Bertz CT molecular complexity index is 610. The summed E-state index contributed by atoms with van der Waals surface area (Å²) >= 11 is 0. The Kier molecular flexibility index (Phi) is 6.52. The Morgan fingerprint density at radius 3 is 2.70 bits per heavy atom. The van der Waals surface area contributed by atoms with Gasteiger partial charge in [0.05, 0.1) is 18.1 Å². The van der Waals surface area contributed by atoms with Crippen LogP contribution in [0.2, 0.25) is 0 Å². The van der Waals surface area contributed by atoms with Gasteiger partial charge in [-0.1, -0.05) is 6.92 Å². The number of benzene rings is 1. The Hall–Kier alpha value is -1.48. The molecule has 7 nitrogen and oxygen atoms in total. The number of amides is 1. The van der Waals surface area contributed by atoms with Crippen LogP contribution in [0.1, 0.15) is 19.8 Å². The Labute approximate surface area is 136 Å². The highest BCUT2D eigenvalue weighted by molar-refractivity contribution is 7.89. The van der Waals surface area contributed by atoms with E-state index >= 15 is 0 Å². The first-order valence-corrected chi connectivity index (χ1v) is 9.20. The molecule has 0 aromatic heterocycles. The zero-order valence-electron chi connectivity index (χ0n) is 13.2. The van der Waals surface area contributed by atoms with Crippen LogP contribution in [0.3, 0.4) is 0 Å². The maximum atomic E-state index is 12.0. The van der Waals surface area contributed by atoms with Crippen molar-refractivity contribution >= 4 is 21.6 Å². The molecule has 1 saturated heterocycles. The molecule has 128 valence electrons. The second-order valence-corrected chi connectivity index (χ2v) is 7.17. The van der Waals surface area contributed by atoms with Gasteiger partial charge >= 0.3 is 0 Å². The van der Waals surface area contributed by atoms with Crippen molar-refractivity contribution in [1.82, 2.24) is 10.0 Å². The Balaban J connectivity index is 1.90. The van der Waals surface area contributed by atoms with Gasteiger partial charge in [0.1, 0.15) is 0 Å². The van der Waals surface area contributed by atoms with Crippen LogP contribution in [0.5, 0.6) is 0 Å². The molecule has 1 unspecified atom stereocenters. The maximum absolute atomic E-state index is 12.0. The molecule has 8 heteroatoms. The van der Waals surface area contributed by atoms with E-state index in [9.17, 15) is 13.2 Å². The van der Waals surface area contributed by atoms with Crippen LogP contribution in [-0.2, 0) is 19.6 Å². The predicted octanol–water partition coefficient (Wildman–Crippen LogP) is 0.692. The molecule has 0 aliphatic carbocycles. The van der Waals surface area contributed by atoms with Gasteiger partial charge in [0.15, 0.2) is 0 Å². The summed E-state index contributed by atoms with van der Waals surface area (Å²) < 4.78 is 31.7. The molecule has 23 heavy (non-hydrogen) atoms. The molecule has 1 aromatic carbocycles. The SMILES string of the molecule is CCCNS(=O)(=O)c1ccc(NC(=O)CC2COCCN2)cc1. The summed E-state index contributed by atoms with van der Waals surface area (Å²) in [5.41, 5.74) is 0.571. The van der Waals surface area contributed by atoms with E-state index in [0.29, 0.717) is 31.9 Å². The largest absolute Gasteiger partial charge is 0.378 e. The summed E-state index contributed by atoms with van der Waals surface area (Å²) in [6.45, 7) is 4.23. The van der Waals surface area contributed by atoms with Gasteiger partial charge in [-0.3, -0.25) is 4.79 Å². The second-order valence-electron chi connectivity index (χ2n) is 5.40. The van der Waals surface area contributed by atoms with Crippen molar-refractivity contribution in [3.63, 3.8) is 0 Å². The van der Waals surface area contributed by atoms with Crippen LogP contribution in [-0.4, -0.2) is 46.7 Å². The first-order valence-electron chi connectivity index (χ1n) is 7.72. The molecule has 3 N–H and O–H groups in total. The highest BCUT2D eigenvalue weighted by Gasteiger charge is 2.17. The number of ether oxygens (including phenoxy) is 1. The highest BCUT2D eigenvalue weighted by atomic mass is 32.2. The number of anilines is 1. The van der Waals surface area contributed by atoms with Gasteiger partial charge in [-0.15, -0.1) is 0 Å². The van der Waals surface area contributed by atoms with Crippen LogP contribution in [0.4, 0.5) is 5.69 Å². The van der Waals surface area contributed by atoms with E-state index in [1.807, 2.05) is 6.92 Å². The van der Waals surface area contributed by atoms with Crippen molar-refractivity contribution in [2.45, 2.75) is 30.7 Å². The lowest BCUT2D eigenvalue weighted by atomic mass is 10.2. The third-order valence-electron chi connectivity index (χ3n) is 3.42. The van der Waals surface area contributed by atoms with Gasteiger partial charge in [0.2, 0.25) is 15.9 Å². The molecule has 0 spiro atoms. The number of carbonyl (C=O) groups is 1. The summed E-state index contributed by atoms with van der Waals surface area (Å²) in [5, 5.41) is 5.97. The number of morpholine rings is 1. The Morgan fingerprint density at radius 2 is 2.09 bits per heavy atom. The third-order valence-corrected chi connectivity index (χ3v) is 4.90. The first-order chi connectivity index (χ1) is 11.0. The van der Waals surface area contributed by atoms with Crippen LogP contribution >= 0.6 is 0 Å². The zero-order chi connectivity index (χ0) is 16.7. The number of sulfonamides is 1. The van der Waals surface area contributed by atoms with Crippen molar-refractivity contribution in [3.8, 4) is 0 Å². The van der Waals surface area contributed by atoms with E-state index in [2.05, 4.69) is 15.4 Å². The lowest BCUT2D eigenvalue weighted by molar-refractivity contribution is -0.117. The summed E-state index contributed by atoms with van der Waals surface area (Å²) in [4.78, 5) is 12.2. The number of carbonyl (C=O) groups excluding carboxylic acids is 1. The van der Waals surface area contributed by atoms with Crippen molar-refractivity contribution < 1.29 is 17.9 Å². The van der Waals surface area contributed by atoms with E-state index in [0.717, 1.165) is 13.0 Å². The standard InChI is InChI=1S/C15H23N3O4S/c1-2-7-17-23(20,21)14-5-3-12(4-6-14)18-15(19)10-13-11-22-9-8-16-13/h3-6,13,16-17H,2,7-11H2,1H3,(H,18,19). The first kappa shape index (κ1) is 17.9. The molecule has 2 rings (SSSR count). The zero-order valence-corrected chi connectivity index (χ0v) is 14.0. The normalized spacial score (nSPS) is 18.6. The van der Waals surface area contributed by atoms with Gasteiger partial charge < -0.3 is 15.4 Å². The number of nitrogens with one attached hydrogen (secondary N) is 3. The molecule has 0 saturated carbocycles. The third kappa shape index (κ3) is 5.58. The van der Waals surface area contributed by atoms with Gasteiger partial charge in [-0.25, -0.2) is 13.1 Å². The van der Waals surface area contributed by atoms with E-state index in [1.165, 1.54) is 12.1 Å². The minimum Gasteiger partial charge on any atom is -0.378 e. The molecule has 1 aromatic rings. The summed E-state index contributed by atoms with van der Waals surface area (Å²) in [5.74, 6) is -0.132. The number of hydrogen-bond donors (Lipinski definition) is 3. The molecule has 1 fully saturated rings. The topological polar surface area (TPSA) is 96.5 Å². The number of hydrogen-bond acceptors (Lipinski definition) is 5. The molecule has 0 radical (unpaired) electrons. The van der Waals surface area contributed by atoms with Gasteiger partial charge in [0, 0.05) is 31.2 Å². The summed E-state index contributed by atoms with van der Waals surface area (Å²) in [6, 6.07) is 6.15. The fraction of sp³-hybridized carbons (Fsp3) is 0.533. The van der Waals surface area contributed by atoms with Crippen LogP contribution < -0.4 is 15.4 Å². The monoisotopic (exact) mass is 341 g/mol. The van der Waals surface area contributed by atoms with Crippen LogP contribution in [0, 0.1) is 0 Å². The van der Waals surface area contributed by atoms with Crippen LogP contribution in [0.25, 0.3) is 0 Å². The minimum atomic E-state index is -3.48. The van der Waals surface area contributed by atoms with Gasteiger partial charge in [-0.05, 0) is 30.7 Å². The lowest BCUT2D eigenvalue weighted by Crippen LogP contribution is -2.43. The summed E-state index contributed by atoms with van der Waals surface area (Å²) in [7, 11) is -3.48. The van der Waals surface area contributed by atoms with Crippen LogP contribution in [0.15, 0.2) is 29.2 Å². The average molecular weight is 341 g/mol. The van der Waals surface area contributed by atoms with Crippen molar-refractivity contribution in [1.29, 1.82) is 0 Å². The minimum absolute atomic E-state index is 0.0154. The van der Waals surface area contributed by atoms with E-state index in [4.69, 9.17) is 4.74 Å². The predicted molar refractivity (Wildman–Crippen MR) is 87.8 cm³/mol. The van der Waals surface area contributed by atoms with Crippen molar-refractivity contribution in [3.05, 3.63) is 24.3 Å². The molecule has 1 heterocycles. The van der Waals surface area contributed by atoms with Gasteiger partial charge in [0.25, 0.3) is 0 Å². The van der Waals surface area contributed by atoms with E-state index in [-0.39, 0.29) is 16.8 Å². The molecule has 1 amide bonds. The fourth-order valence-corrected chi connectivity index (χ4v) is 3.36. The van der Waals surface area contributed by atoms with Crippen molar-refractivity contribution in [2.24, 2.45) is 0 Å². The van der Waals surface area contributed by atoms with Crippen molar-refractivity contribution in [2.75, 3.05) is 31.6 Å². The van der Waals surface area contributed by atoms with E-state index < -0.39 is 10.0 Å². The molecule has 0 bridgehead atoms. The Morgan fingerprint density at radius 1 is 1.35 bits per heavy atom. The smallest absolute Gasteiger partial charge is 0.240 e. The summed E-state index contributed by atoms with van der Waals surface area (Å²) in [6.07, 6.45) is 1.05. The highest BCUT2D eigenvalue weighted by Crippen LogP contribution is 2.14. The quantitative estimate of drug-likeness (QED) is 0.678. The number of rotatable bonds is 7. The fourth-order valence-electron chi connectivity index (χ4n) is 2.22. The molecular weight excluding hydrogens is 318 g/mol. The lowest BCUT2D eigenvalue weighted by Gasteiger charge is -2.23. The van der Waals surface area contributed by atoms with E-state index in [1.54, 1.807) is 12.1 Å². The van der Waals surface area contributed by atoms with Gasteiger partial charge in [-0.2, -0.15) is 0 Å². The second kappa shape index (κ2) is 8.39. The average Bonchev–Trinajstić information content (AvgIpc) is 2.54. The molecular formula is C15H23N3O4S. The molecule has 1 aliphatic heterocycles. The maximum Gasteiger partial charge on any atom is 0.240 e. The molecule has 1 aliphatic rings. The molecule has 1 atom stereocenters.